The number of nitrogens with one attached hydrogen (secondary N) is 1. The van der Waals surface area contributed by atoms with E-state index in [0.717, 1.165) is 28.0 Å². The van der Waals surface area contributed by atoms with Gasteiger partial charge in [0.05, 0.1) is 5.70 Å². The highest BCUT2D eigenvalue weighted by Crippen LogP contribution is 2.51. The molecule has 0 saturated carbocycles. The number of fused-ring (bicyclic) bond motifs is 3. The average molecular weight is 445 g/mol. The van der Waals surface area contributed by atoms with Gasteiger partial charge in [0.25, 0.3) is 0 Å². The van der Waals surface area contributed by atoms with Crippen molar-refractivity contribution < 1.29 is 9.13 Å². The Kier molecular flexibility index (Phi) is 4.30. The van der Waals surface area contributed by atoms with Gasteiger partial charge in [-0.25, -0.2) is 9.07 Å². The highest BCUT2D eigenvalue weighted by molar-refractivity contribution is 6.30. The van der Waals surface area contributed by atoms with Crippen LogP contribution in [0, 0.1) is 12.7 Å². The summed E-state index contributed by atoms with van der Waals surface area (Å²) in [6.07, 6.45) is 1.09. The van der Waals surface area contributed by atoms with E-state index in [1.807, 2.05) is 16.8 Å². The van der Waals surface area contributed by atoms with Crippen LogP contribution < -0.4 is 10.1 Å². The Balaban J connectivity index is 1.63. The molecule has 3 aromatic carbocycles. The predicted octanol–water partition coefficient (Wildman–Crippen LogP) is 5.94. The maximum absolute atomic E-state index is 13.7. The van der Waals surface area contributed by atoms with E-state index < -0.39 is 6.10 Å². The van der Waals surface area contributed by atoms with E-state index in [2.05, 4.69) is 46.6 Å². The normalized spacial score (nSPS) is 18.8. The topological polar surface area (TPSA) is 52.0 Å². The molecule has 0 spiro atoms. The third-order valence-corrected chi connectivity index (χ3v) is 6.18. The summed E-state index contributed by atoms with van der Waals surface area (Å²) in [5, 5.41) is 8.56. The third kappa shape index (κ3) is 2.99. The molecule has 2 aliphatic rings. The zero-order chi connectivity index (χ0) is 21.8. The number of anilines is 1. The molecule has 0 amide bonds. The lowest BCUT2D eigenvalue weighted by Crippen LogP contribution is -2.32. The molecule has 0 radical (unpaired) electrons. The van der Waals surface area contributed by atoms with E-state index in [1.54, 1.807) is 18.2 Å². The summed E-state index contributed by atoms with van der Waals surface area (Å²) in [5.74, 6) is 1.05. The molecular weight excluding hydrogens is 427 g/mol. The van der Waals surface area contributed by atoms with Crippen LogP contribution in [0.25, 0.3) is 5.70 Å². The first-order valence-corrected chi connectivity index (χ1v) is 10.7. The Morgan fingerprint density at radius 1 is 1.00 bits per heavy atom. The van der Waals surface area contributed by atoms with Crippen molar-refractivity contribution in [3.8, 4) is 5.75 Å². The fraction of sp³-hybridized carbons (Fsp3) is 0.120. The van der Waals surface area contributed by atoms with Gasteiger partial charge in [0, 0.05) is 16.2 Å². The van der Waals surface area contributed by atoms with Crippen LogP contribution in [0.4, 0.5) is 10.3 Å². The molecule has 0 aliphatic carbocycles. The molecule has 0 fully saturated rings. The molecule has 1 N–H and O–H groups in total. The summed E-state index contributed by atoms with van der Waals surface area (Å²) in [4.78, 5) is 4.43. The standard InChI is InChI=1S/C25H18ClFN4O/c1-14-2-4-15(5-3-14)23-21-22(30-25-28-13-29-31(23)25)19-12-17(26)8-11-20(19)32-24(21)16-6-9-18(27)10-7-16/h2-13,23-24H,1H3,(H,28,29,30)/t23-,24-/m0/s1. The highest BCUT2D eigenvalue weighted by Gasteiger charge is 2.41. The van der Waals surface area contributed by atoms with Crippen LogP contribution in [-0.4, -0.2) is 14.8 Å². The van der Waals surface area contributed by atoms with Gasteiger partial charge in [0.1, 0.15) is 30.0 Å². The Morgan fingerprint density at radius 3 is 2.53 bits per heavy atom. The van der Waals surface area contributed by atoms with E-state index >= 15 is 0 Å². The minimum atomic E-state index is -0.449. The maximum Gasteiger partial charge on any atom is 0.226 e. The Bertz CT molecular complexity index is 1360. The van der Waals surface area contributed by atoms with E-state index in [-0.39, 0.29) is 11.9 Å². The minimum Gasteiger partial charge on any atom is -0.480 e. The monoisotopic (exact) mass is 444 g/mol. The Labute approximate surface area is 189 Å². The smallest absolute Gasteiger partial charge is 0.226 e. The van der Waals surface area contributed by atoms with Crippen LogP contribution in [0.15, 0.2) is 78.6 Å². The van der Waals surface area contributed by atoms with Crippen molar-refractivity contribution in [2.45, 2.75) is 19.1 Å². The highest BCUT2D eigenvalue weighted by atomic mass is 35.5. The van der Waals surface area contributed by atoms with Crippen LogP contribution in [0.5, 0.6) is 5.75 Å². The third-order valence-electron chi connectivity index (χ3n) is 5.94. The number of nitrogens with zero attached hydrogens (tertiary/aromatic N) is 3. The number of hydrogen-bond donors (Lipinski definition) is 1. The van der Waals surface area contributed by atoms with Crippen molar-refractivity contribution >= 4 is 23.2 Å². The fourth-order valence-corrected chi connectivity index (χ4v) is 4.60. The second-order valence-electron chi connectivity index (χ2n) is 7.99. The van der Waals surface area contributed by atoms with Crippen LogP contribution >= 0.6 is 11.6 Å². The van der Waals surface area contributed by atoms with Crippen molar-refractivity contribution in [2.75, 3.05) is 5.32 Å². The molecule has 0 saturated heterocycles. The van der Waals surface area contributed by atoms with E-state index in [4.69, 9.17) is 16.3 Å². The summed E-state index contributed by atoms with van der Waals surface area (Å²) < 4.78 is 22.1. The summed E-state index contributed by atoms with van der Waals surface area (Å²) in [6, 6.07) is 20.1. The number of halogens is 2. The van der Waals surface area contributed by atoms with Gasteiger partial charge in [-0.15, -0.1) is 0 Å². The van der Waals surface area contributed by atoms with Gasteiger partial charge in [-0.05, 0) is 48.4 Å². The molecule has 1 aromatic heterocycles. The minimum absolute atomic E-state index is 0.258. The summed E-state index contributed by atoms with van der Waals surface area (Å²) in [7, 11) is 0. The van der Waals surface area contributed by atoms with Gasteiger partial charge in [0.15, 0.2) is 0 Å². The first kappa shape index (κ1) is 19.1. The molecule has 4 aromatic rings. The van der Waals surface area contributed by atoms with Crippen LogP contribution in [0.3, 0.4) is 0 Å². The SMILES string of the molecule is Cc1ccc([C@H]2C3=C(Nc4ncnn42)c2cc(Cl)ccc2O[C@H]3c2ccc(F)cc2)cc1. The van der Waals surface area contributed by atoms with Crippen LogP contribution in [-0.2, 0) is 0 Å². The van der Waals surface area contributed by atoms with E-state index in [1.165, 1.54) is 24.0 Å². The van der Waals surface area contributed by atoms with Crippen molar-refractivity contribution in [2.24, 2.45) is 0 Å². The van der Waals surface area contributed by atoms with E-state index in [0.29, 0.717) is 16.7 Å². The molecule has 158 valence electrons. The predicted molar refractivity (Wildman–Crippen MR) is 121 cm³/mol. The molecule has 5 nitrogen and oxygen atoms in total. The molecule has 6 rings (SSSR count). The van der Waals surface area contributed by atoms with Crippen molar-refractivity contribution in [1.82, 2.24) is 14.8 Å². The van der Waals surface area contributed by atoms with Crippen molar-refractivity contribution in [3.63, 3.8) is 0 Å². The molecule has 7 heteroatoms. The van der Waals surface area contributed by atoms with Gasteiger partial charge in [-0.2, -0.15) is 10.1 Å². The molecule has 0 unspecified atom stereocenters. The van der Waals surface area contributed by atoms with Gasteiger partial charge in [0.2, 0.25) is 5.95 Å². The van der Waals surface area contributed by atoms with E-state index in [9.17, 15) is 4.39 Å². The van der Waals surface area contributed by atoms with Gasteiger partial charge >= 0.3 is 0 Å². The van der Waals surface area contributed by atoms with Crippen LogP contribution in [0.2, 0.25) is 5.02 Å². The van der Waals surface area contributed by atoms with Gasteiger partial charge < -0.3 is 10.1 Å². The number of hydrogen-bond acceptors (Lipinski definition) is 4. The first-order valence-electron chi connectivity index (χ1n) is 10.3. The number of aromatic nitrogens is 3. The number of benzene rings is 3. The lowest BCUT2D eigenvalue weighted by atomic mass is 9.84. The Morgan fingerprint density at radius 2 is 1.75 bits per heavy atom. The number of aryl methyl sites for hydroxylation is 1. The zero-order valence-electron chi connectivity index (χ0n) is 17.1. The summed E-state index contributed by atoms with van der Waals surface area (Å²) in [6.45, 7) is 2.06. The lowest BCUT2D eigenvalue weighted by molar-refractivity contribution is 0.223. The second kappa shape index (κ2) is 7.21. The quantitative estimate of drug-likeness (QED) is 0.415. The summed E-state index contributed by atoms with van der Waals surface area (Å²) in [5.41, 5.74) is 5.78. The van der Waals surface area contributed by atoms with Gasteiger partial charge in [-0.3, -0.25) is 0 Å². The summed E-state index contributed by atoms with van der Waals surface area (Å²) >= 11 is 6.35. The molecule has 0 bridgehead atoms. The first-order chi connectivity index (χ1) is 15.6. The Hall–Kier alpha value is -3.64. The fourth-order valence-electron chi connectivity index (χ4n) is 4.42. The zero-order valence-corrected chi connectivity index (χ0v) is 17.8. The van der Waals surface area contributed by atoms with Crippen LogP contribution in [0.1, 0.15) is 34.4 Å². The maximum atomic E-state index is 13.7. The number of rotatable bonds is 2. The molecule has 2 aliphatic heterocycles. The molecule has 3 heterocycles. The second-order valence-corrected chi connectivity index (χ2v) is 8.42. The molecule has 2 atom stereocenters. The van der Waals surface area contributed by atoms with Crippen molar-refractivity contribution in [3.05, 3.63) is 112 Å². The molecule has 32 heavy (non-hydrogen) atoms. The van der Waals surface area contributed by atoms with Crippen molar-refractivity contribution in [1.29, 1.82) is 0 Å². The largest absolute Gasteiger partial charge is 0.480 e. The number of ether oxygens (including phenoxy) is 1. The average Bonchev–Trinajstić information content (AvgIpc) is 3.27. The molecular formula is C25H18ClFN4O. The lowest BCUT2D eigenvalue weighted by Gasteiger charge is -2.39. The van der Waals surface area contributed by atoms with Gasteiger partial charge in [-0.1, -0.05) is 53.6 Å².